The number of unbranched alkanes of at least 4 members (excludes halogenated alkanes) is 2. The van der Waals surface area contributed by atoms with Crippen LogP contribution in [0.2, 0.25) is 0 Å². The van der Waals surface area contributed by atoms with Crippen molar-refractivity contribution >= 4 is 98.3 Å². The van der Waals surface area contributed by atoms with Gasteiger partial charge in [-0.3, -0.25) is 58.1 Å². The number of nitrogens with zero attached hydrogens (tertiary/aromatic N) is 1. The van der Waals surface area contributed by atoms with Gasteiger partial charge in [-0.15, -0.1) is 0 Å². The van der Waals surface area contributed by atoms with Gasteiger partial charge in [0.15, 0.2) is 5.96 Å². The molecule has 8 rings (SSSR count). The summed E-state index contributed by atoms with van der Waals surface area (Å²) in [5, 5.41) is 36.3. The van der Waals surface area contributed by atoms with E-state index in [-0.39, 0.29) is 83.8 Å². The Hall–Kier alpha value is -11.2. The molecule has 6 aromatic carbocycles. The van der Waals surface area contributed by atoms with Gasteiger partial charge in [-0.05, 0) is 153 Å². The first kappa shape index (κ1) is 83.5. The maximum Gasteiger partial charge on any atom is 0.328 e. The number of hydrogen-bond donors (Lipinski definition) is 13. The third-order valence-electron chi connectivity index (χ3n) is 19.6. The lowest BCUT2D eigenvalue weighted by atomic mass is 9.87. The highest BCUT2D eigenvalue weighted by Crippen LogP contribution is 2.26. The number of halogens is 1. The average Bonchev–Trinajstić information content (AvgIpc) is 0.817. The van der Waals surface area contributed by atoms with Gasteiger partial charge in [0.05, 0.1) is 5.41 Å². The van der Waals surface area contributed by atoms with Crippen molar-refractivity contribution < 1.29 is 66.7 Å². The Morgan fingerprint density at radius 3 is 1.56 bits per heavy atom. The summed E-state index contributed by atoms with van der Waals surface area (Å²) >= 11 is 0. The van der Waals surface area contributed by atoms with Gasteiger partial charge in [0, 0.05) is 51.2 Å². The van der Waals surface area contributed by atoms with E-state index in [1.807, 2.05) is 110 Å². The molecule has 582 valence electrons. The molecule has 2 heterocycles. The number of carbonyl (C=O) groups is 12. The van der Waals surface area contributed by atoms with Crippen LogP contribution in [0.5, 0.6) is 0 Å². The molecule has 6 aromatic rings. The van der Waals surface area contributed by atoms with Crippen LogP contribution in [-0.4, -0.2) is 162 Å². The number of carbonyl (C=O) groups excluding carboxylic acids is 12. The van der Waals surface area contributed by atoms with Crippen LogP contribution in [0.4, 0.5) is 4.39 Å². The quantitative estimate of drug-likeness (QED) is 0.0139. The van der Waals surface area contributed by atoms with Crippen molar-refractivity contribution in [2.75, 3.05) is 26.2 Å². The number of fused-ring (bicyclic) bond motifs is 3. The van der Waals surface area contributed by atoms with Crippen molar-refractivity contribution in [3.05, 3.63) is 168 Å². The summed E-state index contributed by atoms with van der Waals surface area (Å²) in [6.45, 7) is 4.26. The number of guanidine groups is 1. The normalized spacial score (nSPS) is 22.3. The van der Waals surface area contributed by atoms with E-state index in [0.717, 1.165) is 39.2 Å². The van der Waals surface area contributed by atoms with E-state index < -0.39 is 168 Å². The van der Waals surface area contributed by atoms with Gasteiger partial charge in [0.1, 0.15) is 60.8 Å². The predicted molar refractivity (Wildman–Crippen MR) is 409 cm³/mol. The minimum Gasteiger partial charge on any atom is -0.463 e. The number of cyclic esters (lactones) is 1. The van der Waals surface area contributed by atoms with Gasteiger partial charge in [-0.1, -0.05) is 147 Å². The Morgan fingerprint density at radius 2 is 1.02 bits per heavy atom. The molecule has 9 atom stereocenters. The van der Waals surface area contributed by atoms with E-state index in [0.29, 0.717) is 55.2 Å². The topological polar surface area (TPSA) is 427 Å². The number of hydrogen-bond acceptors (Lipinski definition) is 15. The number of aryl methyl sites for hydroxylation is 1. The Bertz CT molecular complexity index is 4200. The highest BCUT2D eigenvalue weighted by Gasteiger charge is 2.43. The molecule has 2 saturated heterocycles. The highest BCUT2D eigenvalue weighted by atomic mass is 19.1. The first-order valence-electron chi connectivity index (χ1n) is 37.5. The maximum absolute atomic E-state index is 15.5. The van der Waals surface area contributed by atoms with Gasteiger partial charge >= 0.3 is 5.97 Å². The van der Waals surface area contributed by atoms with Crippen molar-refractivity contribution in [2.24, 2.45) is 22.6 Å². The zero-order valence-electron chi connectivity index (χ0n) is 62.1. The van der Waals surface area contributed by atoms with Crippen LogP contribution in [0.1, 0.15) is 139 Å². The Labute approximate surface area is 633 Å². The molecule has 2 aliphatic rings. The fraction of sp³-hybridized carbons (Fsp3) is 0.444. The molecule has 2 fully saturated rings. The van der Waals surface area contributed by atoms with E-state index in [9.17, 15) is 38.0 Å². The van der Waals surface area contributed by atoms with Crippen molar-refractivity contribution in [2.45, 2.75) is 197 Å². The number of amides is 10. The standard InChI is InChI=1S/C81H103FN14O13/c1-4-5-24-63-79(108)109-49-81(2,3)70(99)78(107)96-42-16-14-27-67(96)77(106)88-59(37-32-50-18-7-6-8-19-50)48-69(98)89-62(38-39-68(84)97)73(102)93-64(45-51-30-35-58(82)36-31-51)74(103)91-61(26-17-41-87-80(85)86)71(100)90-60(25-13-15-40-83)72(101)94-66(47-53-29-34-55-21-10-12-23-57(55)44-53)76(105)95-65(75(104)92-63)46-52-28-33-54-20-9-11-22-56(54)43-52/h6-12,18-23,28-31,33-36,43-44,59-67H,4-5,13-17,24-27,32,37-42,45-49,83H2,1-3H3,(H2,84,97)(H,88,106)(H,89,98)(H,90,100)(H,91,103)(H,92,104)(H,93,102)(H,94,101)(H,95,105)(H4,85,86,87)/t59-,60-,61+,62+,63-,64+,65-,66-,67+/m1/s1. The van der Waals surface area contributed by atoms with E-state index in [4.69, 9.17) is 27.3 Å². The number of rotatable bonds is 23. The van der Waals surface area contributed by atoms with Crippen LogP contribution in [0.3, 0.4) is 0 Å². The van der Waals surface area contributed by atoms with Crippen LogP contribution < -0.4 is 65.1 Å². The monoisotopic (exact) mass is 1500 g/mol. The van der Waals surface area contributed by atoms with Crippen LogP contribution in [0, 0.1) is 16.6 Å². The second kappa shape index (κ2) is 41.3. The van der Waals surface area contributed by atoms with Crippen LogP contribution in [-0.2, 0) is 88.0 Å². The molecule has 0 unspecified atom stereocenters. The van der Waals surface area contributed by atoms with Crippen LogP contribution in [0.15, 0.2) is 140 Å². The molecule has 28 heteroatoms. The van der Waals surface area contributed by atoms with Gasteiger partial charge in [-0.2, -0.15) is 0 Å². The number of piperidine rings is 1. The summed E-state index contributed by atoms with van der Waals surface area (Å²) in [5.41, 5.74) is 17.9. The molecule has 27 nitrogen and oxygen atoms in total. The molecule has 0 aliphatic carbocycles. The molecule has 16 N–H and O–H groups in total. The minimum atomic E-state index is -1.71. The van der Waals surface area contributed by atoms with Gasteiger partial charge in [0.25, 0.3) is 5.91 Å². The summed E-state index contributed by atoms with van der Waals surface area (Å²) in [6.07, 6.45) is 1.01. The average molecular weight is 1500 g/mol. The largest absolute Gasteiger partial charge is 0.463 e. The fourth-order valence-electron chi connectivity index (χ4n) is 13.4. The van der Waals surface area contributed by atoms with E-state index in [1.165, 1.54) is 30.9 Å². The number of ether oxygens (including phenoxy) is 1. The van der Waals surface area contributed by atoms with Crippen LogP contribution in [0.25, 0.3) is 21.5 Å². The summed E-state index contributed by atoms with van der Waals surface area (Å²) in [4.78, 5) is 178. The number of ketones is 1. The number of primary amides is 1. The molecular formula is C81H103FN14O13. The van der Waals surface area contributed by atoms with Gasteiger partial charge < -0.3 is 74.7 Å². The minimum absolute atomic E-state index is 0.00860. The van der Waals surface area contributed by atoms with Crippen molar-refractivity contribution in [1.82, 2.24) is 52.8 Å². The molecule has 109 heavy (non-hydrogen) atoms. The maximum atomic E-state index is 15.5. The second-order valence-electron chi connectivity index (χ2n) is 28.8. The molecule has 0 radical (unpaired) electrons. The molecule has 10 amide bonds. The van der Waals surface area contributed by atoms with Crippen LogP contribution >= 0.6 is 0 Å². The zero-order chi connectivity index (χ0) is 78.6. The molecular weight excluding hydrogens is 1400 g/mol. The first-order valence-corrected chi connectivity index (χ1v) is 37.5. The van der Waals surface area contributed by atoms with Gasteiger partial charge in [0.2, 0.25) is 58.9 Å². The Kier molecular flexibility index (Phi) is 31.6. The van der Waals surface area contributed by atoms with Crippen molar-refractivity contribution in [1.29, 1.82) is 5.41 Å². The molecule has 0 aromatic heterocycles. The number of nitrogens with two attached hydrogens (primary N) is 3. The lowest BCUT2D eigenvalue weighted by molar-refractivity contribution is -0.159. The smallest absolute Gasteiger partial charge is 0.328 e. The number of nitrogens with one attached hydrogen (secondary N) is 10. The fourth-order valence-corrected chi connectivity index (χ4v) is 13.4. The second-order valence-corrected chi connectivity index (χ2v) is 28.8. The molecule has 0 bridgehead atoms. The summed E-state index contributed by atoms with van der Waals surface area (Å²) in [6, 6.07) is 27.5. The van der Waals surface area contributed by atoms with E-state index in [1.54, 1.807) is 12.1 Å². The molecule has 2 aliphatic heterocycles. The zero-order valence-corrected chi connectivity index (χ0v) is 62.1. The predicted octanol–water partition coefficient (Wildman–Crippen LogP) is 4.44. The van der Waals surface area contributed by atoms with Gasteiger partial charge in [-0.25, -0.2) is 9.18 Å². The number of esters is 1. The number of benzene rings is 6. The third kappa shape index (κ3) is 25.8. The summed E-state index contributed by atoms with van der Waals surface area (Å²) in [7, 11) is 0. The third-order valence-corrected chi connectivity index (χ3v) is 19.6. The summed E-state index contributed by atoms with van der Waals surface area (Å²) in [5.74, 6) is -11.7. The SMILES string of the molecule is CCCC[C@H]1NC(=O)[C@@H](Cc2ccc3ccccc3c2)NC(=O)[C@@H](Cc2ccc3ccccc3c2)NC(=O)[C@@H](CCCCN)NC(=O)[C@H](CCCNC(=N)N)NC(=O)[C@H](Cc2ccc(F)cc2)NC(=O)[C@H](CCC(N)=O)NC(=O)C[C@@H](CCc2ccccc2)NC(=O)[C@@H]2CCCCN2C(=O)C(=O)C(C)(C)COC1=O. The van der Waals surface area contributed by atoms with Crippen molar-refractivity contribution in [3.63, 3.8) is 0 Å². The van der Waals surface area contributed by atoms with Crippen molar-refractivity contribution in [3.8, 4) is 0 Å². The molecule has 0 spiro atoms. The van der Waals surface area contributed by atoms with E-state index >= 15 is 24.0 Å². The lowest BCUT2D eigenvalue weighted by Gasteiger charge is -2.36. The Balaban J connectivity index is 1.21. The number of Topliss-reactive ketones (excluding diaryl/α,β-unsaturated/α-hetero) is 1. The highest BCUT2D eigenvalue weighted by molar-refractivity contribution is 6.38. The Morgan fingerprint density at radius 1 is 0.532 bits per heavy atom. The molecule has 0 saturated carbocycles. The van der Waals surface area contributed by atoms with E-state index in [2.05, 4.69) is 47.9 Å². The summed E-state index contributed by atoms with van der Waals surface area (Å²) < 4.78 is 20.4. The lowest BCUT2D eigenvalue weighted by Crippen LogP contribution is -2.60. The first-order chi connectivity index (χ1) is 52.3.